The number of rotatable bonds is 6. The van der Waals surface area contributed by atoms with Gasteiger partial charge in [0.05, 0.1) is 29.1 Å². The molecule has 0 aromatic carbocycles. The van der Waals surface area contributed by atoms with E-state index in [2.05, 4.69) is 19.8 Å². The molecular formula is C26H31ClN6O3S. The minimum atomic E-state index is -0.723. The van der Waals surface area contributed by atoms with Gasteiger partial charge in [-0.1, -0.05) is 23.4 Å². The van der Waals surface area contributed by atoms with Crippen LogP contribution >= 0.6 is 23.4 Å². The molecule has 0 atom stereocenters. The minimum Gasteiger partial charge on any atom is -0.448 e. The van der Waals surface area contributed by atoms with E-state index in [1.165, 1.54) is 11.8 Å². The van der Waals surface area contributed by atoms with Crippen molar-refractivity contribution in [2.75, 3.05) is 36.0 Å². The molecule has 0 bridgehead atoms. The SMILES string of the molecule is CC(C)(O)C1CN(c2nccc(Sc3cnc(N4CCC5(CC4)Cc4ncoc4C5)c(CO)n3)c2Cl)C1. The fourth-order valence-corrected chi connectivity index (χ4v) is 6.78. The van der Waals surface area contributed by atoms with Crippen LogP contribution in [-0.2, 0) is 19.4 Å². The van der Waals surface area contributed by atoms with Gasteiger partial charge in [0.25, 0.3) is 0 Å². The van der Waals surface area contributed by atoms with Gasteiger partial charge < -0.3 is 24.4 Å². The maximum absolute atomic E-state index is 10.2. The molecule has 2 fully saturated rings. The monoisotopic (exact) mass is 542 g/mol. The Bertz CT molecular complexity index is 1280. The number of hydrogen-bond donors (Lipinski definition) is 2. The van der Waals surface area contributed by atoms with Crippen molar-refractivity contribution in [2.45, 2.75) is 61.7 Å². The number of aliphatic hydroxyl groups is 2. The van der Waals surface area contributed by atoms with Gasteiger partial charge in [-0.25, -0.2) is 19.9 Å². The molecule has 3 aromatic heterocycles. The van der Waals surface area contributed by atoms with Crippen molar-refractivity contribution in [3.63, 3.8) is 0 Å². The van der Waals surface area contributed by atoms with E-state index in [0.717, 1.165) is 60.9 Å². The summed E-state index contributed by atoms with van der Waals surface area (Å²) in [6.07, 6.45) is 9.03. The van der Waals surface area contributed by atoms with Gasteiger partial charge in [0.15, 0.2) is 12.2 Å². The van der Waals surface area contributed by atoms with Gasteiger partial charge in [-0.15, -0.1) is 0 Å². The van der Waals surface area contributed by atoms with E-state index in [9.17, 15) is 10.2 Å². The first kappa shape index (κ1) is 24.9. The van der Waals surface area contributed by atoms with Crippen molar-refractivity contribution in [3.05, 3.63) is 47.0 Å². The second-order valence-corrected chi connectivity index (χ2v) is 12.4. The molecule has 5 heterocycles. The Hall–Kier alpha value is -2.40. The van der Waals surface area contributed by atoms with E-state index in [1.54, 1.807) is 18.8 Å². The Kier molecular flexibility index (Phi) is 6.34. The summed E-state index contributed by atoms with van der Waals surface area (Å²) >= 11 is 8.15. The lowest BCUT2D eigenvalue weighted by Crippen LogP contribution is -2.56. The molecule has 11 heteroatoms. The molecule has 0 radical (unpaired) electrons. The van der Waals surface area contributed by atoms with E-state index < -0.39 is 5.60 Å². The molecule has 2 N–H and O–H groups in total. The van der Waals surface area contributed by atoms with Crippen LogP contribution in [0.5, 0.6) is 0 Å². The third-order valence-corrected chi connectivity index (χ3v) is 9.56. The van der Waals surface area contributed by atoms with Crippen molar-refractivity contribution in [1.82, 2.24) is 19.9 Å². The van der Waals surface area contributed by atoms with Crippen molar-refractivity contribution in [3.8, 4) is 0 Å². The largest absolute Gasteiger partial charge is 0.448 e. The Morgan fingerprint density at radius 3 is 2.62 bits per heavy atom. The van der Waals surface area contributed by atoms with Crippen LogP contribution < -0.4 is 9.80 Å². The summed E-state index contributed by atoms with van der Waals surface area (Å²) in [6, 6.07) is 1.86. The maximum atomic E-state index is 10.2. The highest BCUT2D eigenvalue weighted by atomic mass is 35.5. The Morgan fingerprint density at radius 1 is 1.14 bits per heavy atom. The van der Waals surface area contributed by atoms with E-state index in [1.807, 2.05) is 19.9 Å². The second-order valence-electron chi connectivity index (χ2n) is 11.0. The van der Waals surface area contributed by atoms with Crippen LogP contribution in [0.1, 0.15) is 43.8 Å². The lowest BCUT2D eigenvalue weighted by molar-refractivity contribution is 0.00438. The summed E-state index contributed by atoms with van der Waals surface area (Å²) in [7, 11) is 0. The third kappa shape index (κ3) is 4.69. The Balaban J connectivity index is 1.13. The molecule has 2 saturated heterocycles. The average Bonchev–Trinajstić information content (AvgIpc) is 3.39. The lowest BCUT2D eigenvalue weighted by atomic mass is 9.76. The third-order valence-electron chi connectivity index (χ3n) is 8.11. The number of anilines is 2. The maximum Gasteiger partial charge on any atom is 0.181 e. The summed E-state index contributed by atoms with van der Waals surface area (Å²) in [4.78, 5) is 23.4. The quantitative estimate of drug-likeness (QED) is 0.477. The topological polar surface area (TPSA) is 112 Å². The highest BCUT2D eigenvalue weighted by molar-refractivity contribution is 7.99. The smallest absolute Gasteiger partial charge is 0.181 e. The molecule has 0 amide bonds. The molecule has 196 valence electrons. The van der Waals surface area contributed by atoms with E-state index in [0.29, 0.717) is 34.6 Å². The Morgan fingerprint density at radius 2 is 1.92 bits per heavy atom. The first-order valence-electron chi connectivity index (χ1n) is 12.7. The fraction of sp³-hybridized carbons (Fsp3) is 0.538. The van der Waals surface area contributed by atoms with E-state index >= 15 is 0 Å². The zero-order valence-corrected chi connectivity index (χ0v) is 22.6. The standard InChI is InChI=1S/C26H31ClN6O3S/c1-25(2,35)16-12-33(13-16)24-22(27)20(3-6-28-24)37-21-11-29-23(18(14-34)31-21)32-7-4-26(5-8-32)9-17-19(10-26)36-15-30-17/h3,6,11,15-16,34-35H,4-5,7-10,12-14H2,1-2H3. The first-order valence-corrected chi connectivity index (χ1v) is 13.9. The number of fused-ring (bicyclic) bond motifs is 1. The van der Waals surface area contributed by atoms with E-state index in [-0.39, 0.29) is 17.9 Å². The Labute approximate surface area is 225 Å². The van der Waals surface area contributed by atoms with Crippen molar-refractivity contribution in [2.24, 2.45) is 11.3 Å². The zero-order valence-electron chi connectivity index (χ0n) is 21.0. The van der Waals surface area contributed by atoms with Crippen LogP contribution in [0.3, 0.4) is 0 Å². The summed E-state index contributed by atoms with van der Waals surface area (Å²) in [5.41, 5.74) is 1.18. The number of halogens is 1. The normalized spacial score (nSPS) is 19.4. The molecule has 3 aliphatic rings. The molecule has 2 aliphatic heterocycles. The molecule has 1 aliphatic carbocycles. The van der Waals surface area contributed by atoms with Gasteiger partial charge in [-0.05, 0) is 44.6 Å². The number of hydrogen-bond acceptors (Lipinski definition) is 10. The van der Waals surface area contributed by atoms with Gasteiger partial charge in [-0.3, -0.25) is 0 Å². The number of pyridine rings is 1. The molecule has 3 aromatic rings. The molecule has 37 heavy (non-hydrogen) atoms. The summed E-state index contributed by atoms with van der Waals surface area (Å²) < 4.78 is 5.56. The highest BCUT2D eigenvalue weighted by Gasteiger charge is 2.43. The highest BCUT2D eigenvalue weighted by Crippen LogP contribution is 2.45. The van der Waals surface area contributed by atoms with Crippen molar-refractivity contribution in [1.29, 1.82) is 0 Å². The van der Waals surface area contributed by atoms with Gasteiger partial charge in [0.2, 0.25) is 0 Å². The number of aliphatic hydroxyl groups excluding tert-OH is 1. The van der Waals surface area contributed by atoms with Gasteiger partial charge in [0.1, 0.15) is 22.3 Å². The van der Waals surface area contributed by atoms with Crippen LogP contribution in [0.25, 0.3) is 0 Å². The van der Waals surface area contributed by atoms with Crippen LogP contribution in [0.2, 0.25) is 5.02 Å². The minimum absolute atomic E-state index is 0.182. The first-order chi connectivity index (χ1) is 17.7. The van der Waals surface area contributed by atoms with Crippen molar-refractivity contribution >= 4 is 35.0 Å². The van der Waals surface area contributed by atoms with E-state index in [4.69, 9.17) is 26.0 Å². The number of piperidine rings is 1. The van der Waals surface area contributed by atoms with Crippen LogP contribution in [0.4, 0.5) is 11.6 Å². The number of nitrogens with zero attached hydrogens (tertiary/aromatic N) is 6. The molecule has 9 nitrogen and oxygen atoms in total. The molecule has 1 spiro atoms. The molecule has 6 rings (SSSR count). The lowest BCUT2D eigenvalue weighted by Gasteiger charge is -2.46. The van der Waals surface area contributed by atoms with Crippen LogP contribution in [0.15, 0.2) is 39.2 Å². The summed E-state index contributed by atoms with van der Waals surface area (Å²) in [6.45, 7) is 6.63. The summed E-state index contributed by atoms with van der Waals surface area (Å²) in [5.74, 6) is 2.68. The molecular weight excluding hydrogens is 512 g/mol. The molecule has 0 unspecified atom stereocenters. The predicted octanol–water partition coefficient (Wildman–Crippen LogP) is 3.75. The van der Waals surface area contributed by atoms with Crippen LogP contribution in [-0.4, -0.2) is 61.9 Å². The summed E-state index contributed by atoms with van der Waals surface area (Å²) in [5, 5.41) is 21.6. The number of oxazole rings is 1. The van der Waals surface area contributed by atoms with Crippen LogP contribution in [0, 0.1) is 11.3 Å². The number of aromatic nitrogens is 4. The van der Waals surface area contributed by atoms with Crippen molar-refractivity contribution < 1.29 is 14.6 Å². The van der Waals surface area contributed by atoms with Gasteiger partial charge >= 0.3 is 0 Å². The van der Waals surface area contributed by atoms with Gasteiger partial charge in [-0.2, -0.15) is 0 Å². The second kappa shape index (κ2) is 9.41. The zero-order chi connectivity index (χ0) is 25.8. The van der Waals surface area contributed by atoms with Gasteiger partial charge in [0, 0.05) is 49.6 Å². The predicted molar refractivity (Wildman–Crippen MR) is 141 cm³/mol. The molecule has 0 saturated carbocycles. The average molecular weight is 543 g/mol. The fourth-order valence-electron chi connectivity index (χ4n) is 5.63.